The van der Waals surface area contributed by atoms with Crippen LogP contribution in [0.4, 0.5) is 5.69 Å². The van der Waals surface area contributed by atoms with Crippen LogP contribution in [0.2, 0.25) is 0 Å². The average molecular weight is 409 g/mol. The number of hydrogen-bond donors (Lipinski definition) is 4. The van der Waals surface area contributed by atoms with E-state index in [1.807, 2.05) is 0 Å². The van der Waals surface area contributed by atoms with Gasteiger partial charge in [0.15, 0.2) is 11.5 Å². The van der Waals surface area contributed by atoms with Crippen molar-refractivity contribution in [3.8, 4) is 17.2 Å². The number of aromatic hydroxyl groups is 2. The average Bonchev–Trinajstić information content (AvgIpc) is 3.06. The van der Waals surface area contributed by atoms with Gasteiger partial charge in [-0.2, -0.15) is 0 Å². The summed E-state index contributed by atoms with van der Waals surface area (Å²) in [6.45, 7) is 1.80. The molecule has 154 valence electrons. The Morgan fingerprint density at radius 2 is 1.83 bits per heavy atom. The van der Waals surface area contributed by atoms with Crippen molar-refractivity contribution in [1.29, 1.82) is 0 Å². The Balaban J connectivity index is 2.01. The number of phenolic OH excluding ortho intramolecular Hbond substituents is 2. The van der Waals surface area contributed by atoms with Crippen LogP contribution in [0, 0.1) is 0 Å². The highest BCUT2D eigenvalue weighted by Gasteiger charge is 2.41. The quantitative estimate of drug-likeness (QED) is 0.571. The van der Waals surface area contributed by atoms with Gasteiger partial charge in [-0.3, -0.25) is 14.4 Å². The second kappa shape index (κ2) is 6.91. The van der Waals surface area contributed by atoms with Crippen LogP contribution in [0.5, 0.6) is 17.2 Å². The van der Waals surface area contributed by atoms with Gasteiger partial charge in [-0.05, 0) is 24.6 Å². The summed E-state index contributed by atoms with van der Waals surface area (Å²) in [5.74, 6) is -4.61. The second-order valence-electron chi connectivity index (χ2n) is 7.17. The molecule has 0 fully saturated rings. The number of hydrogen-bond acceptors (Lipinski definition) is 7. The van der Waals surface area contributed by atoms with Crippen molar-refractivity contribution >= 4 is 28.9 Å². The molecule has 2 aromatic rings. The van der Waals surface area contributed by atoms with Gasteiger partial charge in [0.1, 0.15) is 11.5 Å². The summed E-state index contributed by atoms with van der Waals surface area (Å²) in [7, 11) is 1.24. The molecule has 1 amide bonds. The monoisotopic (exact) mass is 409 g/mol. The topological polar surface area (TPSA) is 133 Å². The standard InChI is InChI=1S/C22H19NO7/c1-3-5-9-17(25)15-11(19(27)18(9)26)8-10(20(28)21(15)30-2)14-16-12(23-22(14)29)6-4-7-13(16)24/h4,6-8,14,24-25,28H,3,5H2,1-2H3,(H,23,29)/t14-/m0/s1. The molecule has 0 radical (unpaired) electrons. The molecule has 0 saturated carbocycles. The van der Waals surface area contributed by atoms with Crippen molar-refractivity contribution in [2.75, 3.05) is 12.4 Å². The van der Waals surface area contributed by atoms with Crippen LogP contribution in [0.1, 0.15) is 52.7 Å². The number of Topliss-reactive ketones (excluding diaryl/α,β-unsaturated/α-hetero) is 2. The molecule has 1 aliphatic carbocycles. The zero-order valence-corrected chi connectivity index (χ0v) is 16.3. The van der Waals surface area contributed by atoms with Gasteiger partial charge >= 0.3 is 0 Å². The highest BCUT2D eigenvalue weighted by atomic mass is 16.5. The smallest absolute Gasteiger partial charge is 0.236 e. The highest BCUT2D eigenvalue weighted by Crippen LogP contribution is 2.50. The molecule has 1 heterocycles. The molecule has 4 N–H and O–H groups in total. The maximum Gasteiger partial charge on any atom is 0.236 e. The Kier molecular flexibility index (Phi) is 4.49. The van der Waals surface area contributed by atoms with E-state index in [4.69, 9.17) is 4.74 Å². The van der Waals surface area contributed by atoms with E-state index in [-0.39, 0.29) is 45.7 Å². The lowest BCUT2D eigenvalue weighted by atomic mass is 9.81. The first kappa shape index (κ1) is 19.5. The molecule has 0 unspecified atom stereocenters. The summed E-state index contributed by atoms with van der Waals surface area (Å²) in [4.78, 5) is 38.0. The van der Waals surface area contributed by atoms with Gasteiger partial charge in [0.25, 0.3) is 0 Å². The van der Waals surface area contributed by atoms with Gasteiger partial charge in [0, 0.05) is 28.0 Å². The summed E-state index contributed by atoms with van der Waals surface area (Å²) in [6, 6.07) is 5.77. The zero-order chi connectivity index (χ0) is 21.7. The number of amides is 1. The van der Waals surface area contributed by atoms with E-state index in [1.54, 1.807) is 19.1 Å². The molecule has 30 heavy (non-hydrogen) atoms. The lowest BCUT2D eigenvalue weighted by molar-refractivity contribution is -0.116. The Morgan fingerprint density at radius 1 is 1.10 bits per heavy atom. The van der Waals surface area contributed by atoms with Crippen molar-refractivity contribution in [3.05, 3.63) is 52.1 Å². The number of rotatable bonds is 4. The Hall–Kier alpha value is -3.81. The fourth-order valence-electron chi connectivity index (χ4n) is 4.10. The number of anilines is 1. The third kappa shape index (κ3) is 2.57. The minimum absolute atomic E-state index is 0.0174. The van der Waals surface area contributed by atoms with Gasteiger partial charge in [0.2, 0.25) is 17.5 Å². The number of ketones is 2. The first-order chi connectivity index (χ1) is 14.3. The van der Waals surface area contributed by atoms with Crippen molar-refractivity contribution in [2.45, 2.75) is 25.7 Å². The van der Waals surface area contributed by atoms with Crippen LogP contribution in [-0.4, -0.2) is 39.9 Å². The zero-order valence-electron chi connectivity index (χ0n) is 16.3. The number of methoxy groups -OCH3 is 1. The van der Waals surface area contributed by atoms with Gasteiger partial charge in [-0.25, -0.2) is 0 Å². The first-order valence-electron chi connectivity index (χ1n) is 9.39. The van der Waals surface area contributed by atoms with Gasteiger partial charge in [0.05, 0.1) is 18.6 Å². The van der Waals surface area contributed by atoms with Gasteiger partial charge < -0.3 is 25.4 Å². The molecular formula is C22H19NO7. The van der Waals surface area contributed by atoms with E-state index in [2.05, 4.69) is 5.32 Å². The van der Waals surface area contributed by atoms with Crippen LogP contribution < -0.4 is 10.1 Å². The highest BCUT2D eigenvalue weighted by molar-refractivity contribution is 6.52. The van der Waals surface area contributed by atoms with E-state index in [0.717, 1.165) is 0 Å². The Labute approximate surface area is 171 Å². The van der Waals surface area contributed by atoms with E-state index in [9.17, 15) is 29.7 Å². The SMILES string of the molecule is CCCC1=C(O)c2c(cc([C@@H]3C(=O)Nc4cccc(O)c43)c(O)c2OC)C(=O)C1=O. The number of carbonyl (C=O) groups is 3. The normalized spacial score (nSPS) is 17.7. The third-order valence-electron chi connectivity index (χ3n) is 5.44. The number of carbonyl (C=O) groups excluding carboxylic acids is 3. The van der Waals surface area contributed by atoms with Crippen LogP contribution in [0.15, 0.2) is 29.8 Å². The largest absolute Gasteiger partial charge is 0.508 e. The summed E-state index contributed by atoms with van der Waals surface area (Å²) in [5.41, 5.74) is 0.303. The van der Waals surface area contributed by atoms with Gasteiger partial charge in [-0.15, -0.1) is 0 Å². The molecule has 0 spiro atoms. The molecule has 0 bridgehead atoms. The first-order valence-corrected chi connectivity index (χ1v) is 9.39. The predicted octanol–water partition coefficient (Wildman–Crippen LogP) is 3.03. The summed E-state index contributed by atoms with van der Waals surface area (Å²) in [5, 5.41) is 34.5. The number of nitrogens with one attached hydrogen (secondary N) is 1. The maximum absolute atomic E-state index is 12.8. The molecule has 0 aromatic heterocycles. The minimum Gasteiger partial charge on any atom is -0.508 e. The van der Waals surface area contributed by atoms with Crippen molar-refractivity contribution < 1.29 is 34.4 Å². The second-order valence-corrected chi connectivity index (χ2v) is 7.17. The van der Waals surface area contributed by atoms with Crippen molar-refractivity contribution in [3.63, 3.8) is 0 Å². The van der Waals surface area contributed by atoms with Crippen LogP contribution in [-0.2, 0) is 9.59 Å². The molecule has 8 heteroatoms. The number of fused-ring (bicyclic) bond motifs is 2. The van der Waals surface area contributed by atoms with Crippen LogP contribution >= 0.6 is 0 Å². The molecular weight excluding hydrogens is 390 g/mol. The van der Waals surface area contributed by atoms with Crippen LogP contribution in [0.3, 0.4) is 0 Å². The van der Waals surface area contributed by atoms with E-state index >= 15 is 0 Å². The molecule has 8 nitrogen and oxygen atoms in total. The van der Waals surface area contributed by atoms with Crippen LogP contribution in [0.25, 0.3) is 5.76 Å². The minimum atomic E-state index is -1.13. The fraction of sp³-hybridized carbons (Fsp3) is 0.227. The summed E-state index contributed by atoms with van der Waals surface area (Å²) >= 11 is 0. The van der Waals surface area contributed by atoms with Crippen molar-refractivity contribution in [1.82, 2.24) is 0 Å². The lowest BCUT2D eigenvalue weighted by Gasteiger charge is -2.23. The number of ether oxygens (including phenoxy) is 1. The number of benzene rings is 2. The molecule has 2 aliphatic rings. The molecule has 0 saturated heterocycles. The Bertz CT molecular complexity index is 1160. The molecule has 4 rings (SSSR count). The summed E-state index contributed by atoms with van der Waals surface area (Å²) in [6.07, 6.45) is 0.715. The Morgan fingerprint density at radius 3 is 2.50 bits per heavy atom. The van der Waals surface area contributed by atoms with E-state index in [0.29, 0.717) is 12.1 Å². The molecule has 1 atom stereocenters. The van der Waals surface area contributed by atoms with E-state index < -0.39 is 34.9 Å². The summed E-state index contributed by atoms with van der Waals surface area (Å²) < 4.78 is 5.28. The number of phenols is 2. The van der Waals surface area contributed by atoms with E-state index in [1.165, 1.54) is 19.2 Å². The number of aliphatic hydroxyl groups excluding tert-OH is 1. The fourth-order valence-corrected chi connectivity index (χ4v) is 4.10. The lowest BCUT2D eigenvalue weighted by Crippen LogP contribution is -2.25. The number of aliphatic hydroxyl groups is 1. The predicted molar refractivity (Wildman–Crippen MR) is 107 cm³/mol. The third-order valence-corrected chi connectivity index (χ3v) is 5.44. The number of allylic oxidation sites excluding steroid dienone is 1. The van der Waals surface area contributed by atoms with Gasteiger partial charge in [-0.1, -0.05) is 19.4 Å². The maximum atomic E-state index is 12.8. The van der Waals surface area contributed by atoms with Crippen molar-refractivity contribution in [2.24, 2.45) is 0 Å². The molecule has 2 aromatic carbocycles. The molecule has 1 aliphatic heterocycles.